The second kappa shape index (κ2) is 12.4. The average molecular weight is 497 g/mol. The van der Waals surface area contributed by atoms with Crippen molar-refractivity contribution in [2.75, 3.05) is 18.0 Å². The maximum absolute atomic E-state index is 11.8. The Bertz CT molecular complexity index is 1280. The molecule has 1 atom stereocenters. The van der Waals surface area contributed by atoms with Gasteiger partial charge in [0.2, 0.25) is 5.56 Å². The Hall–Kier alpha value is -2.87. The molecule has 7 nitrogen and oxygen atoms in total. The molecule has 0 aliphatic carbocycles. The number of hydrogen-bond donors (Lipinski definition) is 2. The number of carboxylic acid groups (broad SMARTS) is 1. The third-order valence-electron chi connectivity index (χ3n) is 7.01. The van der Waals surface area contributed by atoms with Gasteiger partial charge in [0.05, 0.1) is 11.6 Å². The molecule has 0 unspecified atom stereocenters. The maximum Gasteiger partial charge on any atom is 1.00 e. The van der Waals surface area contributed by atoms with Crippen molar-refractivity contribution in [3.63, 3.8) is 0 Å². The number of anilines is 1. The van der Waals surface area contributed by atoms with Gasteiger partial charge in [0, 0.05) is 56.0 Å². The molecule has 0 saturated carbocycles. The normalized spacial score (nSPS) is 15.3. The van der Waals surface area contributed by atoms with Gasteiger partial charge in [-0.1, -0.05) is 41.6 Å². The van der Waals surface area contributed by atoms with Gasteiger partial charge in [0.1, 0.15) is 0 Å². The number of aromatic nitrogens is 1. The van der Waals surface area contributed by atoms with Gasteiger partial charge < -0.3 is 19.8 Å². The molecule has 0 bridgehead atoms. The van der Waals surface area contributed by atoms with E-state index in [0.29, 0.717) is 30.5 Å². The fourth-order valence-electron chi connectivity index (χ4n) is 4.86. The summed E-state index contributed by atoms with van der Waals surface area (Å²) >= 11 is 0. The van der Waals surface area contributed by atoms with Crippen molar-refractivity contribution in [2.45, 2.75) is 32.1 Å². The van der Waals surface area contributed by atoms with Crippen LogP contribution in [0.15, 0.2) is 76.8 Å². The van der Waals surface area contributed by atoms with Crippen molar-refractivity contribution in [2.24, 2.45) is 18.1 Å². The predicted molar refractivity (Wildman–Crippen MR) is 137 cm³/mol. The van der Waals surface area contributed by atoms with E-state index >= 15 is 0 Å². The third kappa shape index (κ3) is 6.27. The number of carboxylic acids is 1. The summed E-state index contributed by atoms with van der Waals surface area (Å²) in [5.74, 6) is -1.02. The number of benzene rings is 2. The molecule has 0 radical (unpaired) electrons. The second-order valence-electron chi connectivity index (χ2n) is 9.22. The Balaban J connectivity index is 0.00000361. The largest absolute Gasteiger partial charge is 1.00 e. The van der Waals surface area contributed by atoms with Crippen molar-refractivity contribution in [1.82, 2.24) is 4.57 Å². The molecule has 1 aromatic heterocycles. The molecule has 1 aliphatic rings. The summed E-state index contributed by atoms with van der Waals surface area (Å²) in [5, 5.41) is 22.7. The summed E-state index contributed by atoms with van der Waals surface area (Å²) in [5.41, 5.74) is 5.55. The zero-order valence-electron chi connectivity index (χ0n) is 21.1. The molecule has 2 N–H and O–H groups in total. The smallest absolute Gasteiger partial charge is 0.481 e. The van der Waals surface area contributed by atoms with E-state index < -0.39 is 5.97 Å². The number of aliphatic carboxylic acids is 1. The summed E-state index contributed by atoms with van der Waals surface area (Å²) < 4.78 is 1.48. The molecule has 0 spiro atoms. The Morgan fingerprint density at radius 1 is 1.06 bits per heavy atom. The number of aryl methyl sites for hydroxylation is 2. The Labute approximate surface area is 233 Å². The topological polar surface area (TPSA) is 95.1 Å². The van der Waals surface area contributed by atoms with Gasteiger partial charge in [-0.3, -0.25) is 9.59 Å². The molecule has 8 heteroatoms. The number of carbonyl (C=O) groups is 1. The van der Waals surface area contributed by atoms with Crippen LogP contribution in [0, 0.1) is 12.8 Å². The molecule has 1 aliphatic heterocycles. The number of hydrogen-bond acceptors (Lipinski definition) is 5. The van der Waals surface area contributed by atoms with Gasteiger partial charge in [0.15, 0.2) is 0 Å². The van der Waals surface area contributed by atoms with Crippen LogP contribution in [0.5, 0.6) is 0 Å². The first-order valence-electron chi connectivity index (χ1n) is 11.9. The molecule has 1 saturated heterocycles. The van der Waals surface area contributed by atoms with E-state index in [2.05, 4.69) is 53.4 Å². The van der Waals surface area contributed by atoms with E-state index in [-0.39, 0.29) is 47.0 Å². The molecular weight excluding hydrogens is 465 g/mol. The Kier molecular flexibility index (Phi) is 9.54. The summed E-state index contributed by atoms with van der Waals surface area (Å²) in [7, 11) is 1.68. The van der Waals surface area contributed by atoms with Gasteiger partial charge in [0.25, 0.3) is 0 Å². The maximum atomic E-state index is 11.8. The molecule has 36 heavy (non-hydrogen) atoms. The summed E-state index contributed by atoms with van der Waals surface area (Å²) in [6, 6.07) is 19.7. The van der Waals surface area contributed by atoms with E-state index in [4.69, 9.17) is 0 Å². The Morgan fingerprint density at radius 2 is 1.72 bits per heavy atom. The second-order valence-corrected chi connectivity index (χ2v) is 9.22. The zero-order valence-corrected chi connectivity index (χ0v) is 23.1. The van der Waals surface area contributed by atoms with E-state index in [0.717, 1.165) is 35.5 Å². The predicted octanol–water partition coefficient (Wildman–Crippen LogP) is 1.40. The minimum Gasteiger partial charge on any atom is -0.481 e. The Morgan fingerprint density at radius 3 is 2.31 bits per heavy atom. The number of oxime groups is 1. The molecule has 0 amide bonds. The van der Waals surface area contributed by atoms with Crippen LogP contribution in [0.1, 0.15) is 47.4 Å². The van der Waals surface area contributed by atoms with Crippen LogP contribution in [-0.4, -0.2) is 39.7 Å². The summed E-state index contributed by atoms with van der Waals surface area (Å²) in [4.78, 5) is 25.3. The number of rotatable bonds is 7. The molecule has 3 aromatic rings. The molecule has 2 heterocycles. The van der Waals surface area contributed by atoms with Gasteiger partial charge in [-0.05, 0) is 54.7 Å². The molecule has 1 fully saturated rings. The van der Waals surface area contributed by atoms with Crippen LogP contribution in [0.2, 0.25) is 0 Å². The summed E-state index contributed by atoms with van der Waals surface area (Å²) in [6.45, 7) is 3.53. The minimum atomic E-state index is -0.707. The van der Waals surface area contributed by atoms with Crippen LogP contribution in [0.4, 0.5) is 5.69 Å². The first-order chi connectivity index (χ1) is 16.9. The standard InChI is InChI=1S/C28H31N3O4.Na/c1-19-5-3-4-6-24(19)25(17-26(29-35)22-9-12-27(32)30(2)18-22)20-7-10-23(11-8-20)31-15-13-21(14-16-31)28(33)34;/h3-12,18,21,25,35H,13-17H2,1-2H3,(H,33,34);/q;+1/b29-26+;/t25-;/m1./s1. The van der Waals surface area contributed by atoms with Crippen molar-refractivity contribution >= 4 is 17.4 Å². The van der Waals surface area contributed by atoms with Gasteiger partial charge in [-0.15, -0.1) is 0 Å². The first kappa shape index (κ1) is 27.7. The number of nitrogens with zero attached hydrogens (tertiary/aromatic N) is 3. The van der Waals surface area contributed by atoms with Crippen LogP contribution >= 0.6 is 0 Å². The monoisotopic (exact) mass is 496 g/mol. The van der Waals surface area contributed by atoms with Crippen molar-refractivity contribution < 1.29 is 44.7 Å². The van der Waals surface area contributed by atoms with Crippen LogP contribution < -0.4 is 40.0 Å². The minimum absolute atomic E-state index is 0. The quantitative estimate of drug-likeness (QED) is 0.223. The van der Waals surface area contributed by atoms with E-state index in [1.807, 2.05) is 12.1 Å². The molecule has 4 rings (SSSR count). The third-order valence-corrected chi connectivity index (χ3v) is 7.01. The summed E-state index contributed by atoms with van der Waals surface area (Å²) in [6.07, 6.45) is 3.46. The van der Waals surface area contributed by atoms with Crippen molar-refractivity contribution in [3.8, 4) is 0 Å². The van der Waals surface area contributed by atoms with E-state index in [9.17, 15) is 19.9 Å². The SMILES string of the molecule is Cc1ccccc1[C@H](C/C(=N\O)c1ccc(=O)n(C)c1)c1ccc(N2CCC(C(=O)O)CC2)cc1.[Na+]. The first-order valence-corrected chi connectivity index (χ1v) is 11.9. The van der Waals surface area contributed by atoms with Crippen molar-refractivity contribution in [1.29, 1.82) is 0 Å². The zero-order chi connectivity index (χ0) is 24.9. The molecule has 182 valence electrons. The van der Waals surface area contributed by atoms with Gasteiger partial charge in [-0.2, -0.15) is 0 Å². The fourth-order valence-corrected chi connectivity index (χ4v) is 4.86. The van der Waals surface area contributed by atoms with Crippen LogP contribution in [0.3, 0.4) is 0 Å². The van der Waals surface area contributed by atoms with Crippen LogP contribution in [-0.2, 0) is 11.8 Å². The fraction of sp³-hybridized carbons (Fsp3) is 0.321. The van der Waals surface area contributed by atoms with Crippen LogP contribution in [0.25, 0.3) is 0 Å². The number of piperidine rings is 1. The van der Waals surface area contributed by atoms with Crippen molar-refractivity contribution in [3.05, 3.63) is 99.5 Å². The number of pyridine rings is 1. The van der Waals surface area contributed by atoms with E-state index in [1.54, 1.807) is 19.3 Å². The van der Waals surface area contributed by atoms with Gasteiger partial charge >= 0.3 is 35.5 Å². The molecular formula is C28H31N3NaO4+. The van der Waals surface area contributed by atoms with Gasteiger partial charge in [-0.25, -0.2) is 0 Å². The average Bonchev–Trinajstić information content (AvgIpc) is 2.87. The van der Waals surface area contributed by atoms with E-state index in [1.165, 1.54) is 10.6 Å². The molecule has 2 aromatic carbocycles.